The minimum Gasteiger partial charge on any atom is -0.478 e. The maximum absolute atomic E-state index is 10.4. The molecule has 0 atom stereocenters. The highest BCUT2D eigenvalue weighted by molar-refractivity contribution is 5.80. The Morgan fingerprint density at radius 3 is 2.64 bits per heavy atom. The zero-order chi connectivity index (χ0) is 10.6. The summed E-state index contributed by atoms with van der Waals surface area (Å²) in [4.78, 5) is 12.7. The highest BCUT2D eigenvalue weighted by atomic mass is 16.4. The van der Waals surface area contributed by atoms with Crippen LogP contribution in [0.5, 0.6) is 0 Å². The second-order valence-corrected chi connectivity index (χ2v) is 3.86. The SMILES string of the molecule is C=C1CCN(C/C(C)=C/C(=O)O)CC1. The Morgan fingerprint density at radius 1 is 1.57 bits per heavy atom. The van der Waals surface area contributed by atoms with Gasteiger partial charge < -0.3 is 5.11 Å². The lowest BCUT2D eigenvalue weighted by Gasteiger charge is -2.27. The van der Waals surface area contributed by atoms with Crippen LogP contribution in [0.4, 0.5) is 0 Å². The first-order chi connectivity index (χ1) is 6.58. The predicted octanol–water partition coefficient (Wildman–Crippen LogP) is 1.67. The number of carboxylic acids is 1. The Kier molecular flexibility index (Phi) is 3.89. The topological polar surface area (TPSA) is 40.5 Å². The van der Waals surface area contributed by atoms with E-state index < -0.39 is 5.97 Å². The Hall–Kier alpha value is -1.09. The van der Waals surface area contributed by atoms with Gasteiger partial charge in [-0.25, -0.2) is 4.79 Å². The molecule has 14 heavy (non-hydrogen) atoms. The molecule has 3 heteroatoms. The molecule has 78 valence electrons. The Labute approximate surface area is 84.7 Å². The van der Waals surface area contributed by atoms with Crippen molar-refractivity contribution in [3.05, 3.63) is 23.8 Å². The summed E-state index contributed by atoms with van der Waals surface area (Å²) in [7, 11) is 0. The van der Waals surface area contributed by atoms with Crippen molar-refractivity contribution in [3.8, 4) is 0 Å². The number of hydrogen-bond acceptors (Lipinski definition) is 2. The van der Waals surface area contributed by atoms with Gasteiger partial charge in [0.15, 0.2) is 0 Å². The lowest BCUT2D eigenvalue weighted by molar-refractivity contribution is -0.131. The number of rotatable bonds is 3. The molecule has 0 unspecified atom stereocenters. The van der Waals surface area contributed by atoms with E-state index in [4.69, 9.17) is 5.11 Å². The molecule has 1 aliphatic heterocycles. The summed E-state index contributed by atoms with van der Waals surface area (Å²) >= 11 is 0. The molecule has 1 fully saturated rings. The van der Waals surface area contributed by atoms with Crippen molar-refractivity contribution >= 4 is 5.97 Å². The third-order valence-corrected chi connectivity index (χ3v) is 2.41. The monoisotopic (exact) mass is 195 g/mol. The Morgan fingerprint density at radius 2 is 2.14 bits per heavy atom. The van der Waals surface area contributed by atoms with E-state index in [-0.39, 0.29) is 0 Å². The van der Waals surface area contributed by atoms with Crippen molar-refractivity contribution in [2.24, 2.45) is 0 Å². The molecule has 0 spiro atoms. The molecule has 0 aliphatic carbocycles. The van der Waals surface area contributed by atoms with Gasteiger partial charge in [0.2, 0.25) is 0 Å². The van der Waals surface area contributed by atoms with Gasteiger partial charge >= 0.3 is 5.97 Å². The molecular weight excluding hydrogens is 178 g/mol. The molecule has 0 bridgehead atoms. The van der Waals surface area contributed by atoms with E-state index in [0.717, 1.165) is 38.0 Å². The third-order valence-electron chi connectivity index (χ3n) is 2.41. The number of nitrogens with zero attached hydrogens (tertiary/aromatic N) is 1. The van der Waals surface area contributed by atoms with Gasteiger partial charge in [0, 0.05) is 25.7 Å². The van der Waals surface area contributed by atoms with Crippen LogP contribution in [0.15, 0.2) is 23.8 Å². The fourth-order valence-electron chi connectivity index (χ4n) is 1.64. The number of carboxylic acid groups (broad SMARTS) is 1. The number of likely N-dealkylation sites (tertiary alicyclic amines) is 1. The van der Waals surface area contributed by atoms with Crippen LogP contribution in [-0.4, -0.2) is 35.6 Å². The van der Waals surface area contributed by atoms with Crippen LogP contribution in [0.25, 0.3) is 0 Å². The Bertz CT molecular complexity index is 258. The van der Waals surface area contributed by atoms with E-state index in [2.05, 4.69) is 11.5 Å². The van der Waals surface area contributed by atoms with Gasteiger partial charge in [-0.15, -0.1) is 0 Å². The summed E-state index contributed by atoms with van der Waals surface area (Å²) in [6.07, 6.45) is 3.37. The van der Waals surface area contributed by atoms with Crippen molar-refractivity contribution in [1.29, 1.82) is 0 Å². The standard InChI is InChI=1S/C11H17NO2/c1-9-3-5-12(6-4-9)8-10(2)7-11(13)14/h7H,1,3-6,8H2,2H3,(H,13,14)/b10-7+. The van der Waals surface area contributed by atoms with E-state index in [1.807, 2.05) is 6.92 Å². The molecule has 1 rings (SSSR count). The summed E-state index contributed by atoms with van der Waals surface area (Å²) < 4.78 is 0. The first-order valence-corrected chi connectivity index (χ1v) is 4.87. The molecular formula is C11H17NO2. The van der Waals surface area contributed by atoms with Crippen LogP contribution < -0.4 is 0 Å². The van der Waals surface area contributed by atoms with Crippen LogP contribution in [0, 0.1) is 0 Å². The van der Waals surface area contributed by atoms with Gasteiger partial charge in [0.1, 0.15) is 0 Å². The molecule has 0 amide bonds. The van der Waals surface area contributed by atoms with Crippen molar-refractivity contribution in [2.45, 2.75) is 19.8 Å². The van der Waals surface area contributed by atoms with Crippen LogP contribution in [0.3, 0.4) is 0 Å². The third kappa shape index (κ3) is 3.75. The minimum atomic E-state index is -0.857. The highest BCUT2D eigenvalue weighted by Gasteiger charge is 2.12. The molecule has 0 radical (unpaired) electrons. The number of carbonyl (C=O) groups is 1. The Balaban J connectivity index is 2.38. The smallest absolute Gasteiger partial charge is 0.328 e. The van der Waals surface area contributed by atoms with Crippen LogP contribution >= 0.6 is 0 Å². The maximum Gasteiger partial charge on any atom is 0.328 e. The quantitative estimate of drug-likeness (QED) is 0.550. The van der Waals surface area contributed by atoms with Crippen molar-refractivity contribution in [3.63, 3.8) is 0 Å². The second kappa shape index (κ2) is 4.96. The van der Waals surface area contributed by atoms with Crippen molar-refractivity contribution < 1.29 is 9.90 Å². The predicted molar refractivity (Wildman–Crippen MR) is 56.2 cm³/mol. The van der Waals surface area contributed by atoms with Crippen LogP contribution in [0.2, 0.25) is 0 Å². The molecule has 1 saturated heterocycles. The van der Waals surface area contributed by atoms with Crippen LogP contribution in [0.1, 0.15) is 19.8 Å². The fraction of sp³-hybridized carbons (Fsp3) is 0.545. The first kappa shape index (κ1) is 11.0. The molecule has 1 heterocycles. The largest absolute Gasteiger partial charge is 0.478 e. The van der Waals surface area contributed by atoms with Gasteiger partial charge in [-0.1, -0.05) is 17.7 Å². The fourth-order valence-corrected chi connectivity index (χ4v) is 1.64. The van der Waals surface area contributed by atoms with E-state index >= 15 is 0 Å². The van der Waals surface area contributed by atoms with E-state index in [1.54, 1.807) is 0 Å². The van der Waals surface area contributed by atoms with Gasteiger partial charge in [0.05, 0.1) is 0 Å². The minimum absolute atomic E-state index is 0.763. The van der Waals surface area contributed by atoms with Gasteiger partial charge in [-0.05, 0) is 19.8 Å². The molecule has 0 aromatic rings. The summed E-state index contributed by atoms with van der Waals surface area (Å²) in [6, 6.07) is 0. The lowest BCUT2D eigenvalue weighted by Crippen LogP contribution is -2.32. The molecule has 0 aromatic heterocycles. The van der Waals surface area contributed by atoms with Gasteiger partial charge in [-0.3, -0.25) is 4.90 Å². The summed E-state index contributed by atoms with van der Waals surface area (Å²) in [5.41, 5.74) is 2.21. The van der Waals surface area contributed by atoms with E-state index in [1.165, 1.54) is 11.6 Å². The van der Waals surface area contributed by atoms with E-state index in [9.17, 15) is 4.79 Å². The molecule has 1 N–H and O–H groups in total. The van der Waals surface area contributed by atoms with Crippen LogP contribution in [-0.2, 0) is 4.79 Å². The molecule has 3 nitrogen and oxygen atoms in total. The summed E-state index contributed by atoms with van der Waals surface area (Å²) in [6.45, 7) is 8.57. The summed E-state index contributed by atoms with van der Waals surface area (Å²) in [5, 5.41) is 8.55. The average molecular weight is 195 g/mol. The normalized spacial score (nSPS) is 19.8. The van der Waals surface area contributed by atoms with Gasteiger partial charge in [0.25, 0.3) is 0 Å². The molecule has 0 saturated carbocycles. The van der Waals surface area contributed by atoms with E-state index in [0.29, 0.717) is 0 Å². The maximum atomic E-state index is 10.4. The number of piperidine rings is 1. The van der Waals surface area contributed by atoms with Crippen molar-refractivity contribution in [2.75, 3.05) is 19.6 Å². The second-order valence-electron chi connectivity index (χ2n) is 3.86. The zero-order valence-corrected chi connectivity index (χ0v) is 8.62. The van der Waals surface area contributed by atoms with Gasteiger partial charge in [-0.2, -0.15) is 0 Å². The summed E-state index contributed by atoms with van der Waals surface area (Å²) in [5.74, 6) is -0.857. The number of hydrogen-bond donors (Lipinski definition) is 1. The highest BCUT2D eigenvalue weighted by Crippen LogP contribution is 2.14. The lowest BCUT2D eigenvalue weighted by atomic mass is 10.1. The average Bonchev–Trinajstić information content (AvgIpc) is 2.07. The molecule has 1 aliphatic rings. The zero-order valence-electron chi connectivity index (χ0n) is 8.62. The first-order valence-electron chi connectivity index (χ1n) is 4.87. The molecule has 0 aromatic carbocycles. The number of aliphatic carboxylic acids is 1. The van der Waals surface area contributed by atoms with Crippen molar-refractivity contribution in [1.82, 2.24) is 4.90 Å².